The average molecular weight is 407 g/mol. The number of likely N-dealkylation sites (N-methyl/N-ethyl adjacent to an activating group) is 1. The van der Waals surface area contributed by atoms with Gasteiger partial charge in [-0.2, -0.15) is 0 Å². The van der Waals surface area contributed by atoms with Gasteiger partial charge in [-0.05, 0) is 25.6 Å². The van der Waals surface area contributed by atoms with Crippen LogP contribution in [0.3, 0.4) is 0 Å². The first-order valence-electron chi connectivity index (χ1n) is 9.54. The van der Waals surface area contributed by atoms with Crippen molar-refractivity contribution in [2.45, 2.75) is 26.8 Å². The number of fused-ring (bicyclic) bond motifs is 1. The van der Waals surface area contributed by atoms with Crippen molar-refractivity contribution in [1.29, 1.82) is 0 Å². The Morgan fingerprint density at radius 3 is 2.64 bits per heavy atom. The van der Waals surface area contributed by atoms with Crippen LogP contribution in [0.4, 0.5) is 5.69 Å². The summed E-state index contributed by atoms with van der Waals surface area (Å²) in [6, 6.07) is 7.43. The van der Waals surface area contributed by atoms with Crippen molar-refractivity contribution in [2.75, 3.05) is 31.1 Å². The largest absolute Gasteiger partial charge is 0.493 e. The summed E-state index contributed by atoms with van der Waals surface area (Å²) in [6.07, 6.45) is 0.276. The fourth-order valence-electron chi connectivity index (χ4n) is 3.55. The summed E-state index contributed by atoms with van der Waals surface area (Å²) in [7, 11) is -3.16. The van der Waals surface area contributed by atoms with Crippen molar-refractivity contribution in [3.63, 3.8) is 0 Å². The molecule has 3 rings (SSSR count). The maximum atomic E-state index is 12.2. The van der Waals surface area contributed by atoms with Gasteiger partial charge >= 0.3 is 0 Å². The molecule has 1 saturated heterocycles. The topological polar surface area (TPSA) is 104 Å². The number of azo groups is 1. The second kappa shape index (κ2) is 8.40. The van der Waals surface area contributed by atoms with Gasteiger partial charge in [0.05, 0.1) is 22.9 Å². The Kier molecular flexibility index (Phi) is 6.14. The first-order valence-corrected chi connectivity index (χ1v) is 11.4. The molecule has 152 valence electrons. The van der Waals surface area contributed by atoms with Crippen LogP contribution in [0, 0.1) is 5.92 Å². The molecule has 0 radical (unpaired) electrons. The van der Waals surface area contributed by atoms with Crippen LogP contribution >= 0.6 is 0 Å². The summed E-state index contributed by atoms with van der Waals surface area (Å²) >= 11 is 0. The van der Waals surface area contributed by atoms with Crippen molar-refractivity contribution in [2.24, 2.45) is 16.1 Å². The zero-order valence-corrected chi connectivity index (χ0v) is 17.0. The Hall–Kier alpha value is -2.26. The van der Waals surface area contributed by atoms with Crippen molar-refractivity contribution in [1.82, 2.24) is 9.47 Å². The number of amides is 1. The quantitative estimate of drug-likeness (QED) is 0.712. The third-order valence-electron chi connectivity index (χ3n) is 5.28. The zero-order valence-electron chi connectivity index (χ0n) is 16.2. The Morgan fingerprint density at radius 2 is 2.00 bits per heavy atom. The third-order valence-corrected chi connectivity index (χ3v) is 7.05. The Morgan fingerprint density at radius 1 is 1.29 bits per heavy atom. The minimum atomic E-state index is -3.16. The second-order valence-electron chi connectivity index (χ2n) is 7.01. The molecular formula is C19H26N4O4S. The van der Waals surface area contributed by atoms with Gasteiger partial charge in [0, 0.05) is 18.5 Å². The van der Waals surface area contributed by atoms with Crippen LogP contribution in [0.5, 0.6) is 5.88 Å². The van der Waals surface area contributed by atoms with Gasteiger partial charge in [0.15, 0.2) is 15.5 Å². The fraction of sp³-hybridized carbons (Fsp3) is 0.526. The Labute approximate surface area is 164 Å². The van der Waals surface area contributed by atoms with Crippen molar-refractivity contribution < 1.29 is 18.3 Å². The molecule has 1 fully saturated rings. The summed E-state index contributed by atoms with van der Waals surface area (Å²) in [4.78, 5) is 14.5. The summed E-state index contributed by atoms with van der Waals surface area (Å²) in [5.41, 5.74) is 1.06. The normalized spacial score (nSPS) is 19.2. The van der Waals surface area contributed by atoms with Gasteiger partial charge in [-0.25, -0.2) is 8.42 Å². The van der Waals surface area contributed by atoms with Crippen molar-refractivity contribution >= 4 is 32.3 Å². The number of nitrogens with zero attached hydrogens (tertiary/aromatic N) is 4. The summed E-state index contributed by atoms with van der Waals surface area (Å²) in [5, 5.41) is 19.2. The number of hydrogen-bond donors (Lipinski definition) is 1. The number of para-hydroxylation sites is 1. The van der Waals surface area contributed by atoms with E-state index in [0.717, 1.165) is 25.2 Å². The second-order valence-corrected chi connectivity index (χ2v) is 9.23. The van der Waals surface area contributed by atoms with Gasteiger partial charge in [-0.3, -0.25) is 4.79 Å². The van der Waals surface area contributed by atoms with Crippen LogP contribution in [0.2, 0.25) is 0 Å². The molecule has 2 aromatic rings. The molecule has 1 atom stereocenters. The Bertz CT molecular complexity index is 993. The summed E-state index contributed by atoms with van der Waals surface area (Å²) < 4.78 is 24.9. The molecular weight excluding hydrogens is 380 g/mol. The first-order chi connectivity index (χ1) is 13.4. The van der Waals surface area contributed by atoms with E-state index in [1.165, 1.54) is 0 Å². The van der Waals surface area contributed by atoms with E-state index in [9.17, 15) is 18.3 Å². The summed E-state index contributed by atoms with van der Waals surface area (Å²) in [6.45, 7) is 7.37. The first kappa shape index (κ1) is 20.5. The number of benzene rings is 1. The van der Waals surface area contributed by atoms with E-state index in [2.05, 4.69) is 29.0 Å². The van der Waals surface area contributed by atoms with Crippen LogP contribution in [-0.4, -0.2) is 60.0 Å². The van der Waals surface area contributed by atoms with E-state index in [4.69, 9.17) is 0 Å². The highest BCUT2D eigenvalue weighted by atomic mass is 32.2. The van der Waals surface area contributed by atoms with E-state index in [1.54, 1.807) is 4.57 Å². The van der Waals surface area contributed by atoms with E-state index in [-0.39, 0.29) is 29.5 Å². The monoisotopic (exact) mass is 406 g/mol. The lowest BCUT2D eigenvalue weighted by molar-refractivity contribution is -0.121. The zero-order chi connectivity index (χ0) is 20.3. The van der Waals surface area contributed by atoms with Crippen LogP contribution in [-0.2, 0) is 21.2 Å². The van der Waals surface area contributed by atoms with E-state index >= 15 is 0 Å². The maximum Gasteiger partial charge on any atom is 0.268 e. The molecule has 8 nitrogen and oxygen atoms in total. The van der Waals surface area contributed by atoms with E-state index < -0.39 is 21.7 Å². The highest BCUT2D eigenvalue weighted by molar-refractivity contribution is 7.91. The number of sulfone groups is 1. The summed E-state index contributed by atoms with van der Waals surface area (Å²) in [5.74, 6) is -1.41. The molecule has 1 aliphatic heterocycles. The fourth-order valence-corrected chi connectivity index (χ4v) is 5.28. The smallest absolute Gasteiger partial charge is 0.268 e. The molecule has 28 heavy (non-hydrogen) atoms. The number of aromatic nitrogens is 1. The number of carbonyl (C=O) groups is 1. The number of aromatic hydroxyl groups is 1. The molecule has 1 N–H and O–H groups in total. The van der Waals surface area contributed by atoms with Gasteiger partial charge in [-0.1, -0.05) is 32.0 Å². The lowest BCUT2D eigenvalue weighted by atomic mass is 10.1. The SMILES string of the molecule is CCN(CC)CCn1c(O)c(N=NC(=O)[C@H]2CCS(=O)(=O)C2)c2ccccc21. The molecule has 0 aliphatic carbocycles. The highest BCUT2D eigenvalue weighted by Gasteiger charge is 2.33. The molecule has 1 aromatic carbocycles. The molecule has 1 aromatic heterocycles. The van der Waals surface area contributed by atoms with Crippen LogP contribution < -0.4 is 0 Å². The lowest BCUT2D eigenvalue weighted by Gasteiger charge is -2.18. The van der Waals surface area contributed by atoms with Gasteiger partial charge in [0.25, 0.3) is 5.91 Å². The van der Waals surface area contributed by atoms with Crippen molar-refractivity contribution in [3.8, 4) is 5.88 Å². The van der Waals surface area contributed by atoms with Crippen LogP contribution in [0.25, 0.3) is 10.9 Å². The number of hydrogen-bond acceptors (Lipinski definition) is 6. The molecule has 0 saturated carbocycles. The van der Waals surface area contributed by atoms with Gasteiger partial charge in [0.1, 0.15) is 0 Å². The van der Waals surface area contributed by atoms with Crippen molar-refractivity contribution in [3.05, 3.63) is 24.3 Å². The third kappa shape index (κ3) is 4.25. The molecule has 2 heterocycles. The molecule has 9 heteroatoms. The van der Waals surface area contributed by atoms with Gasteiger partial charge in [0.2, 0.25) is 5.88 Å². The minimum absolute atomic E-state index is 0.00877. The van der Waals surface area contributed by atoms with E-state index in [1.807, 2.05) is 24.3 Å². The lowest BCUT2D eigenvalue weighted by Crippen LogP contribution is -2.26. The molecule has 0 unspecified atom stereocenters. The number of carbonyl (C=O) groups excluding carboxylic acids is 1. The minimum Gasteiger partial charge on any atom is -0.493 e. The predicted molar refractivity (Wildman–Crippen MR) is 108 cm³/mol. The standard InChI is InChI=1S/C19H26N4O4S/c1-3-22(4-2)10-11-23-16-8-6-5-7-15(16)17(19(23)25)20-21-18(24)14-9-12-28(26,27)13-14/h5-8,14,25H,3-4,9-13H2,1-2H3/t14-/m0/s1. The maximum absolute atomic E-state index is 12.2. The Balaban J connectivity index is 1.87. The number of rotatable bonds is 7. The van der Waals surface area contributed by atoms with E-state index in [0.29, 0.717) is 11.9 Å². The molecule has 0 bridgehead atoms. The van der Waals surface area contributed by atoms with Crippen LogP contribution in [0.1, 0.15) is 20.3 Å². The molecule has 1 amide bonds. The molecule has 1 aliphatic rings. The average Bonchev–Trinajstić information content (AvgIpc) is 3.18. The van der Waals surface area contributed by atoms with Crippen LogP contribution in [0.15, 0.2) is 34.5 Å². The predicted octanol–water partition coefficient (Wildman–Crippen LogP) is 2.73. The highest BCUT2D eigenvalue weighted by Crippen LogP contribution is 2.39. The molecule has 0 spiro atoms. The van der Waals surface area contributed by atoms with Gasteiger partial charge in [-0.15, -0.1) is 10.2 Å². The van der Waals surface area contributed by atoms with Gasteiger partial charge < -0.3 is 14.6 Å².